The number of hydrogen-bond acceptors (Lipinski definition) is 6. The number of morpholine rings is 1. The van der Waals surface area contributed by atoms with Crippen molar-refractivity contribution in [3.63, 3.8) is 0 Å². The molecule has 1 N–H and O–H groups in total. The number of anilines is 2. The van der Waals surface area contributed by atoms with Gasteiger partial charge >= 0.3 is 0 Å². The molecule has 0 unspecified atom stereocenters. The Morgan fingerprint density at radius 3 is 2.48 bits per heavy atom. The summed E-state index contributed by atoms with van der Waals surface area (Å²) < 4.78 is 39.6. The van der Waals surface area contributed by atoms with Crippen molar-refractivity contribution in [2.75, 3.05) is 43.3 Å². The van der Waals surface area contributed by atoms with Crippen molar-refractivity contribution in [1.82, 2.24) is 5.43 Å². The fourth-order valence-electron chi connectivity index (χ4n) is 2.68. The van der Waals surface area contributed by atoms with Gasteiger partial charge in [-0.1, -0.05) is 0 Å². The van der Waals surface area contributed by atoms with Gasteiger partial charge in [-0.05, 0) is 0 Å². The summed E-state index contributed by atoms with van der Waals surface area (Å²) in [6.07, 6.45) is 2.94. The molecule has 1 fully saturated rings. The number of ketones is 1. The fourth-order valence-corrected chi connectivity index (χ4v) is 2.68. The third kappa shape index (κ3) is 3.58. The Kier molecular flexibility index (Phi) is 4.89. The highest BCUT2D eigenvalue weighted by Gasteiger charge is 2.23. The minimum Gasteiger partial charge on any atom is -0.495 e. The van der Waals surface area contributed by atoms with Gasteiger partial charge in [-0.3, -0.25) is 15.2 Å². The highest BCUT2D eigenvalue weighted by Crippen LogP contribution is 2.30. The normalized spacial score (nSPS) is 17.6. The second-order valence-corrected chi connectivity index (χ2v) is 5.69. The summed E-state index contributed by atoms with van der Waals surface area (Å²) in [4.78, 5) is 13.4. The number of Topliss-reactive ketones (excluding diaryl/α,β-unsaturated/α-hetero) is 1. The van der Waals surface area contributed by atoms with Crippen LogP contribution in [-0.2, 0) is 14.3 Å². The zero-order valence-electron chi connectivity index (χ0n) is 14.0. The zero-order chi connectivity index (χ0) is 18.0. The number of halogens is 2. The molecule has 2 aliphatic rings. The lowest BCUT2D eigenvalue weighted by Gasteiger charge is -2.31. The van der Waals surface area contributed by atoms with Gasteiger partial charge in [0.25, 0.3) is 0 Å². The number of carbonyl (C=O) groups excluding carboxylic acids is 1. The number of ether oxygens (including phenoxy) is 2. The number of carbonyl (C=O) groups is 1. The molecule has 2 heterocycles. The molecule has 0 amide bonds. The lowest BCUT2D eigenvalue weighted by Crippen LogP contribution is -2.39. The number of benzene rings is 1. The predicted molar refractivity (Wildman–Crippen MR) is 88.9 cm³/mol. The van der Waals surface area contributed by atoms with Crippen LogP contribution in [0.1, 0.15) is 6.92 Å². The standard InChI is InChI=1S/C17H19F2N3O3/c1-11(23)15-7-12(24-2)10-22(20-15)17-9-13(18)16(8-14(17)19)21-3-5-25-6-4-21/h7-10,20H,3-6H2,1-2H3. The van der Waals surface area contributed by atoms with Crippen LogP contribution in [0, 0.1) is 11.6 Å². The molecular weight excluding hydrogens is 332 g/mol. The number of nitrogens with one attached hydrogen (secondary N) is 1. The fraction of sp³-hybridized carbons (Fsp3) is 0.353. The third-order valence-corrected chi connectivity index (χ3v) is 4.03. The Labute approximate surface area is 144 Å². The second kappa shape index (κ2) is 7.10. The van der Waals surface area contributed by atoms with Crippen molar-refractivity contribution >= 4 is 17.2 Å². The number of hydrazine groups is 1. The van der Waals surface area contributed by atoms with Gasteiger partial charge in [0.15, 0.2) is 11.6 Å². The number of hydrogen-bond donors (Lipinski definition) is 1. The van der Waals surface area contributed by atoms with Crippen LogP contribution in [0.5, 0.6) is 0 Å². The average Bonchev–Trinajstić information content (AvgIpc) is 2.63. The Balaban J connectivity index is 1.92. The molecule has 2 aliphatic heterocycles. The summed E-state index contributed by atoms with van der Waals surface area (Å²) in [6, 6.07) is 2.25. The van der Waals surface area contributed by atoms with E-state index < -0.39 is 11.6 Å². The maximum absolute atomic E-state index is 14.6. The maximum Gasteiger partial charge on any atom is 0.177 e. The Morgan fingerprint density at radius 2 is 1.84 bits per heavy atom. The molecule has 0 aromatic heterocycles. The molecule has 0 atom stereocenters. The molecular formula is C17H19F2N3O3. The number of allylic oxidation sites excluding steroid dienone is 2. The van der Waals surface area contributed by atoms with E-state index in [0.29, 0.717) is 32.1 Å². The van der Waals surface area contributed by atoms with Crippen LogP contribution in [-0.4, -0.2) is 39.2 Å². The van der Waals surface area contributed by atoms with Crippen molar-refractivity contribution in [3.8, 4) is 0 Å². The number of methoxy groups -OCH3 is 1. The molecule has 8 heteroatoms. The van der Waals surface area contributed by atoms with E-state index in [9.17, 15) is 13.6 Å². The molecule has 0 saturated carbocycles. The topological polar surface area (TPSA) is 54.0 Å². The van der Waals surface area contributed by atoms with E-state index in [1.54, 1.807) is 4.90 Å². The quantitative estimate of drug-likeness (QED) is 0.897. The minimum atomic E-state index is -0.619. The van der Waals surface area contributed by atoms with Crippen LogP contribution in [0.15, 0.2) is 35.9 Å². The summed E-state index contributed by atoms with van der Waals surface area (Å²) in [5.74, 6) is -1.07. The highest BCUT2D eigenvalue weighted by molar-refractivity contribution is 5.93. The van der Waals surface area contributed by atoms with Crippen molar-refractivity contribution in [3.05, 3.63) is 47.5 Å². The third-order valence-electron chi connectivity index (χ3n) is 4.03. The van der Waals surface area contributed by atoms with Crippen LogP contribution in [0.2, 0.25) is 0 Å². The van der Waals surface area contributed by atoms with Gasteiger partial charge in [-0.25, -0.2) is 8.78 Å². The Hall–Kier alpha value is -2.61. The van der Waals surface area contributed by atoms with E-state index >= 15 is 0 Å². The summed E-state index contributed by atoms with van der Waals surface area (Å²) >= 11 is 0. The highest BCUT2D eigenvalue weighted by atomic mass is 19.1. The monoisotopic (exact) mass is 351 g/mol. The van der Waals surface area contributed by atoms with Gasteiger partial charge in [0.1, 0.15) is 23.0 Å². The smallest absolute Gasteiger partial charge is 0.177 e. The molecule has 0 bridgehead atoms. The molecule has 1 aromatic rings. The van der Waals surface area contributed by atoms with Crippen molar-refractivity contribution in [1.29, 1.82) is 0 Å². The first-order valence-electron chi connectivity index (χ1n) is 7.85. The summed E-state index contributed by atoms with van der Waals surface area (Å²) in [5.41, 5.74) is 3.12. The van der Waals surface area contributed by atoms with Crippen LogP contribution in [0.4, 0.5) is 20.2 Å². The molecule has 25 heavy (non-hydrogen) atoms. The van der Waals surface area contributed by atoms with Crippen molar-refractivity contribution < 1.29 is 23.0 Å². The van der Waals surface area contributed by atoms with E-state index in [0.717, 1.165) is 12.1 Å². The van der Waals surface area contributed by atoms with Crippen molar-refractivity contribution in [2.24, 2.45) is 0 Å². The summed E-state index contributed by atoms with van der Waals surface area (Å²) in [6.45, 7) is 3.33. The van der Waals surface area contributed by atoms with Crippen LogP contribution in [0.3, 0.4) is 0 Å². The lowest BCUT2D eigenvalue weighted by molar-refractivity contribution is -0.114. The lowest BCUT2D eigenvalue weighted by atomic mass is 10.2. The Morgan fingerprint density at radius 1 is 1.20 bits per heavy atom. The van der Waals surface area contributed by atoms with E-state index in [4.69, 9.17) is 9.47 Å². The van der Waals surface area contributed by atoms with Gasteiger partial charge in [-0.15, -0.1) is 0 Å². The van der Waals surface area contributed by atoms with E-state index in [1.807, 2.05) is 0 Å². The van der Waals surface area contributed by atoms with Gasteiger partial charge < -0.3 is 14.4 Å². The molecule has 0 spiro atoms. The molecule has 134 valence electrons. The minimum absolute atomic E-state index is 0.0455. The SMILES string of the molecule is COC1=CN(c2cc(F)c(N3CCOCC3)cc2F)NC(C(C)=O)=C1. The molecule has 0 aliphatic carbocycles. The summed E-state index contributed by atoms with van der Waals surface area (Å²) in [7, 11) is 1.43. The molecule has 6 nitrogen and oxygen atoms in total. The predicted octanol–water partition coefficient (Wildman–Crippen LogP) is 2.09. The first-order chi connectivity index (χ1) is 12.0. The van der Waals surface area contributed by atoms with Crippen LogP contribution < -0.4 is 15.3 Å². The first kappa shape index (κ1) is 17.2. The second-order valence-electron chi connectivity index (χ2n) is 5.69. The van der Waals surface area contributed by atoms with E-state index in [1.165, 1.54) is 31.3 Å². The first-order valence-corrected chi connectivity index (χ1v) is 7.85. The van der Waals surface area contributed by atoms with Gasteiger partial charge in [0.05, 0.1) is 32.2 Å². The maximum atomic E-state index is 14.6. The molecule has 1 aromatic carbocycles. The van der Waals surface area contributed by atoms with Crippen molar-refractivity contribution in [2.45, 2.75) is 6.92 Å². The largest absolute Gasteiger partial charge is 0.495 e. The van der Waals surface area contributed by atoms with E-state index in [2.05, 4.69) is 5.43 Å². The van der Waals surface area contributed by atoms with Gasteiger partial charge in [-0.2, -0.15) is 0 Å². The van der Waals surface area contributed by atoms with Crippen LogP contribution in [0.25, 0.3) is 0 Å². The van der Waals surface area contributed by atoms with Gasteiger partial charge in [0, 0.05) is 38.2 Å². The van der Waals surface area contributed by atoms with E-state index in [-0.39, 0.29) is 22.9 Å². The zero-order valence-corrected chi connectivity index (χ0v) is 14.0. The van der Waals surface area contributed by atoms with Crippen LogP contribution >= 0.6 is 0 Å². The average molecular weight is 351 g/mol. The molecule has 3 rings (SSSR count). The molecule has 0 radical (unpaired) electrons. The summed E-state index contributed by atoms with van der Waals surface area (Å²) in [5, 5.41) is 1.23. The number of rotatable bonds is 4. The Bertz CT molecular complexity index is 743. The number of nitrogens with zero attached hydrogens (tertiary/aromatic N) is 2. The van der Waals surface area contributed by atoms with Gasteiger partial charge in [0.2, 0.25) is 0 Å². The molecule has 1 saturated heterocycles.